The fourth-order valence-corrected chi connectivity index (χ4v) is 3.43. The highest BCUT2D eigenvalue weighted by atomic mass is 32.1. The van der Waals surface area contributed by atoms with E-state index >= 15 is 0 Å². The topological polar surface area (TPSA) is 17.3 Å². The summed E-state index contributed by atoms with van der Waals surface area (Å²) >= 11 is 3.51. The molecular formula is C10H8N2S2. The van der Waals surface area contributed by atoms with Gasteiger partial charge in [0, 0.05) is 17.3 Å². The maximum Gasteiger partial charge on any atom is 0.194 e. The van der Waals surface area contributed by atoms with Gasteiger partial charge in [-0.3, -0.25) is 4.40 Å². The van der Waals surface area contributed by atoms with Crippen LogP contribution < -0.4 is 0 Å². The molecule has 0 N–H and O–H groups in total. The number of thiazole rings is 1. The first-order valence-corrected chi connectivity index (χ1v) is 6.02. The Morgan fingerprint density at radius 1 is 1.43 bits per heavy atom. The lowest BCUT2D eigenvalue weighted by molar-refractivity contribution is 1.23. The predicted octanol–water partition coefficient (Wildman–Crippen LogP) is 3.43. The van der Waals surface area contributed by atoms with Crippen molar-refractivity contribution in [1.82, 2.24) is 9.38 Å². The summed E-state index contributed by atoms with van der Waals surface area (Å²) in [7, 11) is 0. The van der Waals surface area contributed by atoms with Crippen LogP contribution in [0.2, 0.25) is 0 Å². The Labute approximate surface area is 89.5 Å². The summed E-state index contributed by atoms with van der Waals surface area (Å²) in [6, 6.07) is 4.24. The van der Waals surface area contributed by atoms with Crippen LogP contribution in [0.15, 0.2) is 29.9 Å². The molecule has 70 valence electrons. The van der Waals surface area contributed by atoms with E-state index in [-0.39, 0.29) is 0 Å². The van der Waals surface area contributed by atoms with Gasteiger partial charge in [-0.25, -0.2) is 4.98 Å². The number of rotatable bonds is 1. The number of nitrogens with zero attached hydrogens (tertiary/aromatic N) is 2. The Morgan fingerprint density at radius 2 is 2.36 bits per heavy atom. The van der Waals surface area contributed by atoms with Crippen LogP contribution in [0.1, 0.15) is 4.88 Å². The number of imidazole rings is 1. The third-order valence-electron chi connectivity index (χ3n) is 2.18. The van der Waals surface area contributed by atoms with Gasteiger partial charge >= 0.3 is 0 Å². The fraction of sp³-hybridized carbons (Fsp3) is 0.100. The second-order valence-corrected chi connectivity index (χ2v) is 5.19. The molecule has 0 bridgehead atoms. The maximum absolute atomic E-state index is 4.30. The van der Waals surface area contributed by atoms with Crippen molar-refractivity contribution in [1.29, 1.82) is 0 Å². The zero-order valence-corrected chi connectivity index (χ0v) is 9.23. The average molecular weight is 220 g/mol. The summed E-state index contributed by atoms with van der Waals surface area (Å²) in [6.45, 7) is 2.15. The summed E-state index contributed by atoms with van der Waals surface area (Å²) in [5.74, 6) is 0. The van der Waals surface area contributed by atoms with Gasteiger partial charge in [-0.15, -0.1) is 22.7 Å². The Balaban J connectivity index is 2.38. The van der Waals surface area contributed by atoms with Gasteiger partial charge < -0.3 is 0 Å². The van der Waals surface area contributed by atoms with Gasteiger partial charge in [0.2, 0.25) is 0 Å². The standard InChI is InChI=1S/C10H8N2S2/c1-7-9(8-3-2-6-13-8)12-5-4-11-10(12)14-7/h2-6H,1H3. The van der Waals surface area contributed by atoms with Crippen molar-refractivity contribution in [3.05, 3.63) is 34.8 Å². The van der Waals surface area contributed by atoms with Crippen LogP contribution in [0, 0.1) is 6.92 Å². The van der Waals surface area contributed by atoms with Crippen molar-refractivity contribution in [2.45, 2.75) is 6.92 Å². The highest BCUT2D eigenvalue weighted by molar-refractivity contribution is 7.18. The third kappa shape index (κ3) is 1.04. The molecule has 0 radical (unpaired) electrons. The molecule has 0 fully saturated rings. The molecule has 2 nitrogen and oxygen atoms in total. The lowest BCUT2D eigenvalue weighted by Gasteiger charge is -1.96. The molecule has 3 rings (SSSR count). The second kappa shape index (κ2) is 2.93. The van der Waals surface area contributed by atoms with Crippen molar-refractivity contribution in [2.24, 2.45) is 0 Å². The molecule has 0 aliphatic heterocycles. The minimum Gasteiger partial charge on any atom is -0.289 e. The van der Waals surface area contributed by atoms with Gasteiger partial charge in [0.05, 0.1) is 10.6 Å². The summed E-state index contributed by atoms with van der Waals surface area (Å²) in [5, 5.41) is 2.11. The number of hydrogen-bond acceptors (Lipinski definition) is 3. The first-order chi connectivity index (χ1) is 6.86. The number of hydrogen-bond donors (Lipinski definition) is 0. The highest BCUT2D eigenvalue weighted by Gasteiger charge is 2.11. The normalized spacial score (nSPS) is 11.2. The maximum atomic E-state index is 4.30. The quantitative estimate of drug-likeness (QED) is 0.614. The van der Waals surface area contributed by atoms with Crippen molar-refractivity contribution >= 4 is 27.6 Å². The molecule has 0 amide bonds. The number of thiophene rings is 1. The van der Waals surface area contributed by atoms with Gasteiger partial charge in [0.15, 0.2) is 4.96 Å². The molecule has 4 heteroatoms. The number of aryl methyl sites for hydroxylation is 1. The molecule has 0 saturated carbocycles. The van der Waals surface area contributed by atoms with Gasteiger partial charge in [-0.1, -0.05) is 6.07 Å². The molecule has 0 spiro atoms. The third-order valence-corrected chi connectivity index (χ3v) is 4.04. The van der Waals surface area contributed by atoms with E-state index in [1.807, 2.05) is 12.4 Å². The van der Waals surface area contributed by atoms with Gasteiger partial charge in [0.25, 0.3) is 0 Å². The van der Waals surface area contributed by atoms with E-state index in [9.17, 15) is 0 Å². The van der Waals surface area contributed by atoms with Crippen LogP contribution in [0.5, 0.6) is 0 Å². The van der Waals surface area contributed by atoms with Crippen molar-refractivity contribution in [3.8, 4) is 10.6 Å². The SMILES string of the molecule is Cc1sc2nccn2c1-c1cccs1. The van der Waals surface area contributed by atoms with E-state index in [4.69, 9.17) is 0 Å². The molecule has 0 saturated heterocycles. The van der Waals surface area contributed by atoms with Gasteiger partial charge in [-0.05, 0) is 18.4 Å². The Bertz CT molecular complexity index is 560. The minimum absolute atomic E-state index is 1.07. The molecule has 0 aromatic carbocycles. The van der Waals surface area contributed by atoms with E-state index in [0.717, 1.165) is 4.96 Å². The van der Waals surface area contributed by atoms with Crippen LogP contribution in [0.4, 0.5) is 0 Å². The van der Waals surface area contributed by atoms with Crippen molar-refractivity contribution in [2.75, 3.05) is 0 Å². The monoisotopic (exact) mass is 220 g/mol. The van der Waals surface area contributed by atoms with Crippen molar-refractivity contribution < 1.29 is 0 Å². The van der Waals surface area contributed by atoms with Crippen LogP contribution >= 0.6 is 22.7 Å². The molecule has 3 aromatic rings. The Hall–Kier alpha value is -1.13. The molecule has 0 aliphatic rings. The summed E-state index contributed by atoms with van der Waals surface area (Å²) < 4.78 is 2.16. The molecule has 0 unspecified atom stereocenters. The van der Waals surface area contributed by atoms with Crippen LogP contribution in [-0.2, 0) is 0 Å². The lowest BCUT2D eigenvalue weighted by atomic mass is 10.3. The first-order valence-electron chi connectivity index (χ1n) is 4.32. The second-order valence-electron chi connectivity index (χ2n) is 3.06. The number of fused-ring (bicyclic) bond motifs is 1. The van der Waals surface area contributed by atoms with E-state index in [1.165, 1.54) is 15.4 Å². The van der Waals surface area contributed by atoms with Crippen LogP contribution in [0.3, 0.4) is 0 Å². The van der Waals surface area contributed by atoms with Crippen LogP contribution in [0.25, 0.3) is 15.5 Å². The average Bonchev–Trinajstić information content (AvgIpc) is 2.78. The summed E-state index contributed by atoms with van der Waals surface area (Å²) in [5.41, 5.74) is 1.29. The Kier molecular flexibility index (Phi) is 1.72. The summed E-state index contributed by atoms with van der Waals surface area (Å²) in [4.78, 5) is 8.01. The molecule has 0 atom stereocenters. The van der Waals surface area contributed by atoms with Crippen LogP contribution in [-0.4, -0.2) is 9.38 Å². The van der Waals surface area contributed by atoms with E-state index < -0.39 is 0 Å². The van der Waals surface area contributed by atoms with E-state index in [0.29, 0.717) is 0 Å². The smallest absolute Gasteiger partial charge is 0.194 e. The minimum atomic E-state index is 1.07. The zero-order chi connectivity index (χ0) is 9.54. The zero-order valence-electron chi connectivity index (χ0n) is 7.60. The Morgan fingerprint density at radius 3 is 3.14 bits per heavy atom. The van der Waals surface area contributed by atoms with E-state index in [2.05, 4.69) is 33.8 Å². The van der Waals surface area contributed by atoms with Gasteiger partial charge in [-0.2, -0.15) is 0 Å². The van der Waals surface area contributed by atoms with Crippen molar-refractivity contribution in [3.63, 3.8) is 0 Å². The molecule has 0 aliphatic carbocycles. The lowest BCUT2D eigenvalue weighted by Crippen LogP contribution is -1.81. The van der Waals surface area contributed by atoms with E-state index in [1.54, 1.807) is 22.7 Å². The predicted molar refractivity (Wildman–Crippen MR) is 61.1 cm³/mol. The highest BCUT2D eigenvalue weighted by Crippen LogP contribution is 2.33. The fourth-order valence-electron chi connectivity index (χ4n) is 1.60. The molecular weight excluding hydrogens is 212 g/mol. The number of aromatic nitrogens is 2. The molecule has 3 heterocycles. The molecule has 14 heavy (non-hydrogen) atoms. The molecule has 3 aromatic heterocycles. The van der Waals surface area contributed by atoms with Gasteiger partial charge in [0.1, 0.15) is 0 Å². The summed E-state index contributed by atoms with van der Waals surface area (Å²) in [6.07, 6.45) is 3.87. The largest absolute Gasteiger partial charge is 0.289 e. The first kappa shape index (κ1) is 8.20.